The molecule has 0 bridgehead atoms. The summed E-state index contributed by atoms with van der Waals surface area (Å²) in [5.74, 6) is -0.976. The molecule has 0 atom stereocenters. The minimum Gasteiger partial charge on any atom is -0.465 e. The van der Waals surface area contributed by atoms with Gasteiger partial charge in [0, 0.05) is 11.3 Å². The van der Waals surface area contributed by atoms with Gasteiger partial charge in [0.05, 0.1) is 23.3 Å². The molecule has 8 heteroatoms. The molecule has 0 unspecified atom stereocenters. The van der Waals surface area contributed by atoms with Gasteiger partial charge in [0.15, 0.2) is 0 Å². The van der Waals surface area contributed by atoms with Crippen molar-refractivity contribution in [1.82, 2.24) is 0 Å². The molecule has 3 aromatic rings. The van der Waals surface area contributed by atoms with Crippen molar-refractivity contribution < 1.29 is 22.7 Å². The molecule has 0 radical (unpaired) electrons. The highest BCUT2D eigenvalue weighted by atomic mass is 32.2. The summed E-state index contributed by atoms with van der Waals surface area (Å²) in [4.78, 5) is 24.2. The molecule has 0 heterocycles. The summed E-state index contributed by atoms with van der Waals surface area (Å²) in [6, 6.07) is 17.5. The van der Waals surface area contributed by atoms with Gasteiger partial charge in [-0.3, -0.25) is 9.52 Å². The zero-order valence-electron chi connectivity index (χ0n) is 17.3. The molecule has 160 valence electrons. The van der Waals surface area contributed by atoms with E-state index < -0.39 is 21.9 Å². The number of anilines is 2. The van der Waals surface area contributed by atoms with Gasteiger partial charge in [-0.05, 0) is 67.4 Å². The number of nitrogens with one attached hydrogen (secondary N) is 2. The van der Waals surface area contributed by atoms with Crippen LogP contribution in [0, 0.1) is 13.8 Å². The molecule has 7 nitrogen and oxygen atoms in total. The van der Waals surface area contributed by atoms with E-state index in [2.05, 4.69) is 14.8 Å². The van der Waals surface area contributed by atoms with E-state index in [4.69, 9.17) is 0 Å². The van der Waals surface area contributed by atoms with Crippen LogP contribution in [0.2, 0.25) is 0 Å². The Morgan fingerprint density at radius 1 is 0.839 bits per heavy atom. The third-order valence-corrected chi connectivity index (χ3v) is 6.05. The van der Waals surface area contributed by atoms with Gasteiger partial charge in [-0.2, -0.15) is 0 Å². The number of hydrogen-bond acceptors (Lipinski definition) is 5. The van der Waals surface area contributed by atoms with Crippen LogP contribution >= 0.6 is 0 Å². The second kappa shape index (κ2) is 9.01. The number of methoxy groups -OCH3 is 1. The zero-order chi connectivity index (χ0) is 22.6. The maximum absolute atomic E-state index is 12.7. The quantitative estimate of drug-likeness (QED) is 0.563. The van der Waals surface area contributed by atoms with Gasteiger partial charge in [0.2, 0.25) is 0 Å². The predicted octanol–water partition coefficient (Wildman–Crippen LogP) is 4.14. The summed E-state index contributed by atoms with van der Waals surface area (Å²) in [7, 11) is -2.52. The van der Waals surface area contributed by atoms with E-state index in [0.29, 0.717) is 11.4 Å². The van der Waals surface area contributed by atoms with Crippen LogP contribution in [-0.2, 0) is 14.8 Å². The Morgan fingerprint density at radius 2 is 1.42 bits per heavy atom. The molecule has 0 aromatic heterocycles. The van der Waals surface area contributed by atoms with Crippen LogP contribution in [0.1, 0.15) is 31.8 Å². The highest BCUT2D eigenvalue weighted by Gasteiger charge is 2.17. The first kappa shape index (κ1) is 22.0. The van der Waals surface area contributed by atoms with E-state index in [9.17, 15) is 18.0 Å². The Morgan fingerprint density at radius 3 is 2.03 bits per heavy atom. The van der Waals surface area contributed by atoms with E-state index >= 15 is 0 Å². The number of carbonyl (C=O) groups is 2. The maximum Gasteiger partial charge on any atom is 0.337 e. The molecule has 2 N–H and O–H groups in total. The molecule has 31 heavy (non-hydrogen) atoms. The van der Waals surface area contributed by atoms with Crippen LogP contribution in [0.25, 0.3) is 0 Å². The highest BCUT2D eigenvalue weighted by molar-refractivity contribution is 7.92. The molecular formula is C23H22N2O5S. The van der Waals surface area contributed by atoms with E-state index in [1.807, 2.05) is 32.0 Å². The van der Waals surface area contributed by atoms with Crippen molar-refractivity contribution in [2.75, 3.05) is 17.1 Å². The van der Waals surface area contributed by atoms with Crippen LogP contribution in [0.15, 0.2) is 71.6 Å². The van der Waals surface area contributed by atoms with E-state index in [-0.39, 0.29) is 16.0 Å². The van der Waals surface area contributed by atoms with E-state index in [0.717, 1.165) is 11.1 Å². The number of sulfonamides is 1. The number of amides is 1. The van der Waals surface area contributed by atoms with Crippen molar-refractivity contribution in [3.8, 4) is 0 Å². The van der Waals surface area contributed by atoms with Gasteiger partial charge in [-0.15, -0.1) is 0 Å². The first-order valence-electron chi connectivity index (χ1n) is 9.40. The molecule has 3 rings (SSSR count). The Labute approximate surface area is 181 Å². The second-order valence-electron chi connectivity index (χ2n) is 6.92. The Balaban J connectivity index is 1.76. The molecule has 0 fully saturated rings. The second-order valence-corrected chi connectivity index (χ2v) is 8.61. The number of para-hydroxylation sites is 1. The van der Waals surface area contributed by atoms with E-state index in [1.165, 1.54) is 37.4 Å². The SMILES string of the molecule is COC(=O)c1cccc(C(=O)Nc2ccc(S(=O)(=O)Nc3c(C)cccc3C)cc2)c1. The average molecular weight is 439 g/mol. The first-order valence-corrected chi connectivity index (χ1v) is 10.9. The number of benzene rings is 3. The van der Waals surface area contributed by atoms with Gasteiger partial charge >= 0.3 is 5.97 Å². The lowest BCUT2D eigenvalue weighted by atomic mass is 10.1. The maximum atomic E-state index is 12.7. The predicted molar refractivity (Wildman–Crippen MR) is 119 cm³/mol. The minimum absolute atomic E-state index is 0.0702. The van der Waals surface area contributed by atoms with Crippen molar-refractivity contribution in [1.29, 1.82) is 0 Å². The fourth-order valence-electron chi connectivity index (χ4n) is 2.99. The number of esters is 1. The number of hydrogen-bond donors (Lipinski definition) is 2. The van der Waals surface area contributed by atoms with Crippen molar-refractivity contribution in [2.24, 2.45) is 0 Å². The summed E-state index contributed by atoms with van der Waals surface area (Å²) in [5.41, 5.74) is 3.14. The molecule has 0 aliphatic heterocycles. The smallest absolute Gasteiger partial charge is 0.337 e. The van der Waals surface area contributed by atoms with Gasteiger partial charge in [0.25, 0.3) is 15.9 Å². The summed E-state index contributed by atoms with van der Waals surface area (Å²) < 4.78 is 32.8. The normalized spacial score (nSPS) is 10.9. The van der Waals surface area contributed by atoms with Crippen molar-refractivity contribution in [2.45, 2.75) is 18.7 Å². The lowest BCUT2D eigenvalue weighted by molar-refractivity contribution is 0.0600. The van der Waals surface area contributed by atoms with Crippen LogP contribution in [0.4, 0.5) is 11.4 Å². The third-order valence-electron chi connectivity index (χ3n) is 4.69. The summed E-state index contributed by atoms with van der Waals surface area (Å²) in [6.45, 7) is 3.66. The highest BCUT2D eigenvalue weighted by Crippen LogP contribution is 2.24. The summed E-state index contributed by atoms with van der Waals surface area (Å²) in [5, 5.41) is 2.68. The lowest BCUT2D eigenvalue weighted by Gasteiger charge is -2.13. The molecule has 0 aliphatic rings. The van der Waals surface area contributed by atoms with Crippen molar-refractivity contribution in [3.05, 3.63) is 89.0 Å². The van der Waals surface area contributed by atoms with E-state index in [1.54, 1.807) is 18.2 Å². The van der Waals surface area contributed by atoms with Crippen molar-refractivity contribution >= 4 is 33.3 Å². The molecule has 0 aliphatic carbocycles. The van der Waals surface area contributed by atoms with Gasteiger partial charge < -0.3 is 10.1 Å². The monoisotopic (exact) mass is 438 g/mol. The summed E-state index contributed by atoms with van der Waals surface area (Å²) in [6.07, 6.45) is 0. The Bertz CT molecular complexity index is 1210. The average Bonchev–Trinajstić information content (AvgIpc) is 2.76. The molecule has 0 saturated carbocycles. The number of ether oxygens (including phenoxy) is 1. The molecule has 1 amide bonds. The first-order chi connectivity index (χ1) is 14.7. The number of carbonyl (C=O) groups excluding carboxylic acids is 2. The number of aryl methyl sites for hydroxylation is 2. The molecule has 0 saturated heterocycles. The van der Waals surface area contributed by atoms with Gasteiger partial charge in [-0.25, -0.2) is 13.2 Å². The Kier molecular flexibility index (Phi) is 6.41. The standard InChI is InChI=1S/C23H22N2O5S/c1-15-6-4-7-16(2)21(15)25-31(28,29)20-12-10-19(11-13-20)24-22(26)17-8-5-9-18(14-17)23(27)30-3/h4-14,25H,1-3H3,(H,24,26). The van der Waals surface area contributed by atoms with Crippen molar-refractivity contribution in [3.63, 3.8) is 0 Å². The molecular weight excluding hydrogens is 416 g/mol. The fourth-order valence-corrected chi connectivity index (χ4v) is 4.20. The number of rotatable bonds is 6. The van der Waals surface area contributed by atoms with Crippen LogP contribution in [0.3, 0.4) is 0 Å². The summed E-state index contributed by atoms with van der Waals surface area (Å²) >= 11 is 0. The van der Waals surface area contributed by atoms with Crippen LogP contribution < -0.4 is 10.0 Å². The third kappa shape index (κ3) is 5.10. The van der Waals surface area contributed by atoms with Gasteiger partial charge in [0.1, 0.15) is 0 Å². The largest absolute Gasteiger partial charge is 0.465 e. The molecule has 3 aromatic carbocycles. The Hall–Kier alpha value is -3.65. The lowest BCUT2D eigenvalue weighted by Crippen LogP contribution is -2.15. The van der Waals surface area contributed by atoms with Crippen LogP contribution in [-0.4, -0.2) is 27.4 Å². The zero-order valence-corrected chi connectivity index (χ0v) is 18.1. The van der Waals surface area contributed by atoms with Gasteiger partial charge in [-0.1, -0.05) is 24.3 Å². The fraction of sp³-hybridized carbons (Fsp3) is 0.130. The minimum atomic E-state index is -3.79. The molecule has 0 spiro atoms. The van der Waals surface area contributed by atoms with Crippen LogP contribution in [0.5, 0.6) is 0 Å². The topological polar surface area (TPSA) is 102 Å².